The number of nitriles is 1. The van der Waals surface area contributed by atoms with Crippen molar-refractivity contribution in [1.29, 1.82) is 5.26 Å². The minimum absolute atomic E-state index is 0.442. The van der Waals surface area contributed by atoms with Gasteiger partial charge in [-0.25, -0.2) is 10.8 Å². The van der Waals surface area contributed by atoms with Crippen LogP contribution in [-0.2, 0) is 6.42 Å². The summed E-state index contributed by atoms with van der Waals surface area (Å²) in [5.74, 6) is 5.66. The Morgan fingerprint density at radius 1 is 1.69 bits per heavy atom. The molecule has 0 fully saturated rings. The molecular formula is C9H12N4. The monoisotopic (exact) mass is 176 g/mol. The van der Waals surface area contributed by atoms with Gasteiger partial charge >= 0.3 is 0 Å². The first-order valence-electron chi connectivity index (χ1n) is 4.10. The Kier molecular flexibility index (Phi) is 2.83. The number of nitrogen functional groups attached to an aromatic ring is 1. The van der Waals surface area contributed by atoms with E-state index in [1.807, 2.05) is 26.0 Å². The topological polar surface area (TPSA) is 74.7 Å². The van der Waals surface area contributed by atoms with Crippen LogP contribution in [-0.4, -0.2) is 4.98 Å². The van der Waals surface area contributed by atoms with Crippen LogP contribution in [0.3, 0.4) is 0 Å². The maximum atomic E-state index is 8.77. The average Bonchev–Trinajstić information content (AvgIpc) is 2.17. The maximum absolute atomic E-state index is 8.77. The molecule has 0 amide bonds. The Morgan fingerprint density at radius 3 is 2.85 bits per heavy atom. The van der Waals surface area contributed by atoms with Gasteiger partial charge in [0, 0.05) is 5.69 Å². The molecule has 0 bridgehead atoms. The van der Waals surface area contributed by atoms with E-state index in [2.05, 4.69) is 10.4 Å². The van der Waals surface area contributed by atoms with Gasteiger partial charge in [-0.1, -0.05) is 6.92 Å². The Balaban J connectivity index is 3.28. The van der Waals surface area contributed by atoms with Crippen molar-refractivity contribution in [2.75, 3.05) is 5.43 Å². The molecule has 0 aliphatic carbocycles. The summed E-state index contributed by atoms with van der Waals surface area (Å²) in [7, 11) is 0. The summed E-state index contributed by atoms with van der Waals surface area (Å²) in [6.45, 7) is 3.93. The van der Waals surface area contributed by atoms with Crippen molar-refractivity contribution in [1.82, 2.24) is 4.98 Å². The molecule has 3 N–H and O–H groups in total. The number of hydrogen-bond acceptors (Lipinski definition) is 4. The molecule has 1 aromatic heterocycles. The lowest BCUT2D eigenvalue weighted by atomic mass is 10.1. The van der Waals surface area contributed by atoms with Gasteiger partial charge in [0.25, 0.3) is 0 Å². The van der Waals surface area contributed by atoms with E-state index in [4.69, 9.17) is 11.1 Å². The van der Waals surface area contributed by atoms with Crippen molar-refractivity contribution in [3.63, 3.8) is 0 Å². The first-order chi connectivity index (χ1) is 6.22. The van der Waals surface area contributed by atoms with Gasteiger partial charge in [-0.2, -0.15) is 5.26 Å². The standard InChI is InChI=1S/C9H12N4/c1-3-7-4-8(5-10)9(13-11)12-6(7)2/h4H,3,11H2,1-2H3,(H,12,13). The molecule has 4 heteroatoms. The van der Waals surface area contributed by atoms with E-state index in [0.717, 1.165) is 17.7 Å². The molecule has 0 aromatic carbocycles. The zero-order valence-corrected chi connectivity index (χ0v) is 7.76. The quantitative estimate of drug-likeness (QED) is 0.523. The largest absolute Gasteiger partial charge is 0.307 e. The Morgan fingerprint density at radius 2 is 2.38 bits per heavy atom. The molecule has 0 spiro atoms. The number of nitrogens with zero attached hydrogens (tertiary/aromatic N) is 2. The molecule has 68 valence electrons. The van der Waals surface area contributed by atoms with Gasteiger partial charge in [-0.3, -0.25) is 0 Å². The molecule has 0 radical (unpaired) electrons. The van der Waals surface area contributed by atoms with Gasteiger partial charge in [-0.05, 0) is 25.0 Å². The van der Waals surface area contributed by atoms with Crippen molar-refractivity contribution in [2.45, 2.75) is 20.3 Å². The fraction of sp³-hybridized carbons (Fsp3) is 0.333. The van der Waals surface area contributed by atoms with Crippen LogP contribution in [0, 0.1) is 18.3 Å². The summed E-state index contributed by atoms with van der Waals surface area (Å²) in [5.41, 5.74) is 4.89. The molecule has 1 rings (SSSR count). The number of anilines is 1. The minimum atomic E-state index is 0.442. The van der Waals surface area contributed by atoms with Crippen LogP contribution in [0.5, 0.6) is 0 Å². The lowest BCUT2D eigenvalue weighted by Crippen LogP contribution is -2.11. The normalized spacial score (nSPS) is 9.38. The molecule has 0 atom stereocenters. The number of hydrazine groups is 1. The Labute approximate surface area is 77.4 Å². The van der Waals surface area contributed by atoms with Crippen molar-refractivity contribution >= 4 is 5.82 Å². The minimum Gasteiger partial charge on any atom is -0.307 e. The second-order valence-corrected chi connectivity index (χ2v) is 2.74. The highest BCUT2D eigenvalue weighted by Crippen LogP contribution is 2.15. The summed E-state index contributed by atoms with van der Waals surface area (Å²) in [5, 5.41) is 8.77. The number of nitrogens with two attached hydrogens (primary N) is 1. The van der Waals surface area contributed by atoms with Crippen LogP contribution in [0.2, 0.25) is 0 Å². The third-order valence-electron chi connectivity index (χ3n) is 1.96. The predicted molar refractivity (Wildman–Crippen MR) is 50.9 cm³/mol. The highest BCUT2D eigenvalue weighted by atomic mass is 15.2. The van der Waals surface area contributed by atoms with Gasteiger partial charge < -0.3 is 5.43 Å². The van der Waals surface area contributed by atoms with Crippen LogP contribution in [0.25, 0.3) is 0 Å². The van der Waals surface area contributed by atoms with E-state index >= 15 is 0 Å². The molecule has 13 heavy (non-hydrogen) atoms. The van der Waals surface area contributed by atoms with Gasteiger partial charge in [0.2, 0.25) is 0 Å². The molecule has 0 aliphatic rings. The lowest BCUT2D eigenvalue weighted by molar-refractivity contribution is 1.04. The SMILES string of the molecule is CCc1cc(C#N)c(NN)nc1C. The Bertz CT molecular complexity index is 351. The lowest BCUT2D eigenvalue weighted by Gasteiger charge is -2.06. The summed E-state index contributed by atoms with van der Waals surface area (Å²) in [6.07, 6.45) is 0.873. The smallest absolute Gasteiger partial charge is 0.158 e. The summed E-state index contributed by atoms with van der Waals surface area (Å²) in [4.78, 5) is 4.17. The van der Waals surface area contributed by atoms with Gasteiger partial charge in [0.05, 0.1) is 5.56 Å². The first-order valence-corrected chi connectivity index (χ1v) is 4.10. The second kappa shape index (κ2) is 3.87. The summed E-state index contributed by atoms with van der Waals surface area (Å²) >= 11 is 0. The maximum Gasteiger partial charge on any atom is 0.158 e. The molecule has 0 unspecified atom stereocenters. The number of rotatable bonds is 2. The third-order valence-corrected chi connectivity index (χ3v) is 1.96. The molecule has 0 saturated carbocycles. The van der Waals surface area contributed by atoms with Crippen LogP contribution in [0.1, 0.15) is 23.7 Å². The highest BCUT2D eigenvalue weighted by molar-refractivity contribution is 5.53. The van der Waals surface area contributed by atoms with Gasteiger partial charge in [-0.15, -0.1) is 0 Å². The van der Waals surface area contributed by atoms with Crippen molar-refractivity contribution < 1.29 is 0 Å². The van der Waals surface area contributed by atoms with E-state index in [9.17, 15) is 0 Å². The zero-order valence-electron chi connectivity index (χ0n) is 7.76. The van der Waals surface area contributed by atoms with Crippen molar-refractivity contribution in [3.8, 4) is 6.07 Å². The van der Waals surface area contributed by atoms with E-state index in [-0.39, 0.29) is 0 Å². The van der Waals surface area contributed by atoms with Crippen LogP contribution >= 0.6 is 0 Å². The van der Waals surface area contributed by atoms with E-state index in [1.54, 1.807) is 0 Å². The van der Waals surface area contributed by atoms with Crippen LogP contribution in [0.4, 0.5) is 5.82 Å². The third kappa shape index (κ3) is 1.76. The van der Waals surface area contributed by atoms with Crippen LogP contribution < -0.4 is 11.3 Å². The summed E-state index contributed by atoms with van der Waals surface area (Å²) < 4.78 is 0. The number of pyridine rings is 1. The van der Waals surface area contributed by atoms with Crippen molar-refractivity contribution in [2.24, 2.45) is 5.84 Å². The molecule has 4 nitrogen and oxygen atoms in total. The molecule has 1 heterocycles. The van der Waals surface area contributed by atoms with Crippen molar-refractivity contribution in [3.05, 3.63) is 22.9 Å². The fourth-order valence-corrected chi connectivity index (χ4v) is 1.20. The number of hydrogen-bond donors (Lipinski definition) is 2. The molecular weight excluding hydrogens is 164 g/mol. The highest BCUT2D eigenvalue weighted by Gasteiger charge is 2.06. The summed E-state index contributed by atoms with van der Waals surface area (Å²) in [6, 6.07) is 3.86. The van der Waals surface area contributed by atoms with E-state index in [0.29, 0.717) is 11.4 Å². The number of aryl methyl sites for hydroxylation is 2. The van der Waals surface area contributed by atoms with E-state index < -0.39 is 0 Å². The molecule has 1 aromatic rings. The fourth-order valence-electron chi connectivity index (χ4n) is 1.20. The van der Waals surface area contributed by atoms with Crippen LogP contribution in [0.15, 0.2) is 6.07 Å². The second-order valence-electron chi connectivity index (χ2n) is 2.74. The van der Waals surface area contributed by atoms with Gasteiger partial charge in [0.1, 0.15) is 6.07 Å². The van der Waals surface area contributed by atoms with Gasteiger partial charge in [0.15, 0.2) is 5.82 Å². The molecule has 0 aliphatic heterocycles. The average molecular weight is 176 g/mol. The number of nitrogens with one attached hydrogen (secondary N) is 1. The Hall–Kier alpha value is -1.60. The first kappa shape index (κ1) is 9.49. The van der Waals surface area contributed by atoms with E-state index in [1.165, 1.54) is 0 Å². The number of aromatic nitrogens is 1. The zero-order chi connectivity index (χ0) is 9.84. The predicted octanol–water partition coefficient (Wildman–Crippen LogP) is 1.11. The molecule has 0 saturated heterocycles.